The maximum Gasteiger partial charge on any atom is 0.338 e. The summed E-state index contributed by atoms with van der Waals surface area (Å²) in [4.78, 5) is 11.6. The number of rotatable bonds is 8. The summed E-state index contributed by atoms with van der Waals surface area (Å²) in [6, 6.07) is 8.92. The van der Waals surface area contributed by atoms with E-state index in [1.54, 1.807) is 24.3 Å². The summed E-state index contributed by atoms with van der Waals surface area (Å²) < 4.78 is 15.9. The van der Waals surface area contributed by atoms with Gasteiger partial charge in [0.2, 0.25) is 0 Å². The van der Waals surface area contributed by atoms with Crippen LogP contribution in [0.25, 0.3) is 0 Å². The van der Waals surface area contributed by atoms with E-state index in [0.29, 0.717) is 31.8 Å². The summed E-state index contributed by atoms with van der Waals surface area (Å²) in [5.41, 5.74) is 0.557. The fourth-order valence-electron chi connectivity index (χ4n) is 1.49. The zero-order chi connectivity index (χ0) is 13.2. The summed E-state index contributed by atoms with van der Waals surface area (Å²) in [6.45, 7) is 5.26. The van der Waals surface area contributed by atoms with Crippen LogP contribution in [0.5, 0.6) is 0 Å². The van der Waals surface area contributed by atoms with E-state index >= 15 is 0 Å². The van der Waals surface area contributed by atoms with Crippen LogP contribution in [0, 0.1) is 0 Å². The molecule has 0 aromatic heterocycles. The molecule has 0 heterocycles. The highest BCUT2D eigenvalue weighted by Crippen LogP contribution is 2.05. The lowest BCUT2D eigenvalue weighted by Gasteiger charge is -2.16. The van der Waals surface area contributed by atoms with Gasteiger partial charge in [0, 0.05) is 19.6 Å². The minimum atomic E-state index is -0.317. The van der Waals surface area contributed by atoms with Crippen LogP contribution in [0.1, 0.15) is 30.6 Å². The summed E-state index contributed by atoms with van der Waals surface area (Å²) in [7, 11) is 0. The average molecular weight is 252 g/mol. The van der Waals surface area contributed by atoms with Crippen molar-refractivity contribution < 1.29 is 19.0 Å². The Kier molecular flexibility index (Phi) is 7.06. The van der Waals surface area contributed by atoms with Gasteiger partial charge in [-0.15, -0.1) is 0 Å². The van der Waals surface area contributed by atoms with Gasteiger partial charge in [-0.2, -0.15) is 0 Å². The van der Waals surface area contributed by atoms with E-state index in [9.17, 15) is 4.79 Å². The lowest BCUT2D eigenvalue weighted by atomic mass is 10.2. The number of esters is 1. The highest BCUT2D eigenvalue weighted by atomic mass is 16.7. The zero-order valence-corrected chi connectivity index (χ0v) is 10.9. The number of carbonyl (C=O) groups excluding carboxylic acids is 1. The second-order valence-electron chi connectivity index (χ2n) is 3.63. The molecule has 0 amide bonds. The summed E-state index contributed by atoms with van der Waals surface area (Å²) >= 11 is 0. The molecule has 0 aliphatic carbocycles. The van der Waals surface area contributed by atoms with Crippen molar-refractivity contribution in [2.75, 3.05) is 19.8 Å². The van der Waals surface area contributed by atoms with Gasteiger partial charge in [-0.05, 0) is 26.0 Å². The zero-order valence-electron chi connectivity index (χ0n) is 10.9. The van der Waals surface area contributed by atoms with E-state index < -0.39 is 0 Å². The Labute approximate surface area is 108 Å². The third-order valence-corrected chi connectivity index (χ3v) is 2.30. The van der Waals surface area contributed by atoms with Crippen LogP contribution >= 0.6 is 0 Å². The summed E-state index contributed by atoms with van der Waals surface area (Å²) in [5.74, 6) is -0.317. The Morgan fingerprint density at radius 2 is 1.72 bits per heavy atom. The maximum absolute atomic E-state index is 11.6. The molecule has 0 bridgehead atoms. The first kappa shape index (κ1) is 14.7. The van der Waals surface area contributed by atoms with Crippen LogP contribution < -0.4 is 0 Å². The Balaban J connectivity index is 2.30. The number of benzene rings is 1. The predicted octanol–water partition coefficient (Wildman–Crippen LogP) is 2.63. The van der Waals surface area contributed by atoms with E-state index in [4.69, 9.17) is 14.2 Å². The molecule has 0 unspecified atom stereocenters. The molecule has 0 saturated heterocycles. The van der Waals surface area contributed by atoms with Crippen molar-refractivity contribution in [3.63, 3.8) is 0 Å². The van der Waals surface area contributed by atoms with Gasteiger partial charge in [0.25, 0.3) is 0 Å². The van der Waals surface area contributed by atoms with E-state index in [2.05, 4.69) is 0 Å². The van der Waals surface area contributed by atoms with Gasteiger partial charge in [-0.3, -0.25) is 0 Å². The minimum absolute atomic E-state index is 0.290. The standard InChI is InChI=1S/C14H20O4/c1-3-16-13(17-4-2)10-11-18-14(15)12-8-6-5-7-9-12/h5-9,13H,3-4,10-11H2,1-2H3. The van der Waals surface area contributed by atoms with Gasteiger partial charge < -0.3 is 14.2 Å². The first-order chi connectivity index (χ1) is 8.77. The van der Waals surface area contributed by atoms with Gasteiger partial charge in [0.1, 0.15) is 0 Å². The molecule has 0 saturated carbocycles. The molecule has 0 aliphatic heterocycles. The second kappa shape index (κ2) is 8.66. The molecule has 4 heteroatoms. The minimum Gasteiger partial charge on any atom is -0.462 e. The van der Waals surface area contributed by atoms with Crippen molar-refractivity contribution in [3.8, 4) is 0 Å². The molecule has 0 N–H and O–H groups in total. The number of carbonyl (C=O) groups is 1. The van der Waals surface area contributed by atoms with Crippen molar-refractivity contribution in [2.24, 2.45) is 0 Å². The molecule has 0 aliphatic rings. The molecule has 1 aromatic rings. The number of hydrogen-bond acceptors (Lipinski definition) is 4. The van der Waals surface area contributed by atoms with Gasteiger partial charge in [0.05, 0.1) is 12.2 Å². The summed E-state index contributed by atoms with van der Waals surface area (Å²) in [5, 5.41) is 0. The van der Waals surface area contributed by atoms with Crippen LogP contribution in [-0.4, -0.2) is 32.1 Å². The Morgan fingerprint density at radius 3 is 2.28 bits per heavy atom. The highest BCUT2D eigenvalue weighted by Gasteiger charge is 2.10. The Morgan fingerprint density at radius 1 is 1.11 bits per heavy atom. The van der Waals surface area contributed by atoms with Gasteiger partial charge >= 0.3 is 5.97 Å². The maximum atomic E-state index is 11.6. The molecule has 0 spiro atoms. The Bertz CT molecular complexity index is 331. The SMILES string of the molecule is CCOC(CCOC(=O)c1ccccc1)OCC. The van der Waals surface area contributed by atoms with Crippen molar-refractivity contribution >= 4 is 5.97 Å². The smallest absolute Gasteiger partial charge is 0.338 e. The molecule has 0 fully saturated rings. The Hall–Kier alpha value is -1.39. The van der Waals surface area contributed by atoms with Crippen LogP contribution in [0.15, 0.2) is 30.3 Å². The predicted molar refractivity (Wildman–Crippen MR) is 68.4 cm³/mol. The van der Waals surface area contributed by atoms with Gasteiger partial charge in [-0.25, -0.2) is 4.79 Å². The molecule has 1 aromatic carbocycles. The van der Waals surface area contributed by atoms with Gasteiger partial charge in [-0.1, -0.05) is 18.2 Å². The lowest BCUT2D eigenvalue weighted by Crippen LogP contribution is -2.20. The van der Waals surface area contributed by atoms with Crippen LogP contribution in [0.4, 0.5) is 0 Å². The molecule has 18 heavy (non-hydrogen) atoms. The average Bonchev–Trinajstić information content (AvgIpc) is 2.40. The van der Waals surface area contributed by atoms with Crippen molar-refractivity contribution in [2.45, 2.75) is 26.6 Å². The van der Waals surface area contributed by atoms with E-state index in [0.717, 1.165) is 0 Å². The van der Waals surface area contributed by atoms with Gasteiger partial charge in [0.15, 0.2) is 6.29 Å². The molecule has 4 nitrogen and oxygen atoms in total. The van der Waals surface area contributed by atoms with Crippen LogP contribution in [0.2, 0.25) is 0 Å². The quantitative estimate of drug-likeness (QED) is 0.527. The third kappa shape index (κ3) is 5.29. The monoisotopic (exact) mass is 252 g/mol. The molecule has 0 radical (unpaired) electrons. The molecule has 0 atom stereocenters. The van der Waals surface area contributed by atoms with Crippen LogP contribution in [0.3, 0.4) is 0 Å². The van der Waals surface area contributed by atoms with Crippen molar-refractivity contribution in [1.29, 1.82) is 0 Å². The van der Waals surface area contributed by atoms with Crippen LogP contribution in [-0.2, 0) is 14.2 Å². The number of hydrogen-bond donors (Lipinski definition) is 0. The summed E-state index contributed by atoms with van der Waals surface area (Å²) in [6.07, 6.45) is 0.240. The van der Waals surface area contributed by atoms with E-state index in [1.807, 2.05) is 19.9 Å². The lowest BCUT2D eigenvalue weighted by molar-refractivity contribution is -0.144. The highest BCUT2D eigenvalue weighted by molar-refractivity contribution is 5.89. The van der Waals surface area contributed by atoms with Crippen molar-refractivity contribution in [1.82, 2.24) is 0 Å². The fourth-order valence-corrected chi connectivity index (χ4v) is 1.49. The van der Waals surface area contributed by atoms with E-state index in [1.165, 1.54) is 0 Å². The third-order valence-electron chi connectivity index (χ3n) is 2.30. The topological polar surface area (TPSA) is 44.8 Å². The molecular formula is C14H20O4. The van der Waals surface area contributed by atoms with Crippen molar-refractivity contribution in [3.05, 3.63) is 35.9 Å². The first-order valence-electron chi connectivity index (χ1n) is 6.23. The number of ether oxygens (including phenoxy) is 3. The normalized spacial score (nSPS) is 10.6. The second-order valence-corrected chi connectivity index (χ2v) is 3.63. The largest absolute Gasteiger partial charge is 0.462 e. The molecular weight excluding hydrogens is 232 g/mol. The molecule has 1 rings (SSSR count). The fraction of sp³-hybridized carbons (Fsp3) is 0.500. The first-order valence-corrected chi connectivity index (χ1v) is 6.23. The van der Waals surface area contributed by atoms with E-state index in [-0.39, 0.29) is 12.3 Å². The molecule has 100 valence electrons.